The molecule has 11 nitrogen and oxygen atoms in total. The summed E-state index contributed by atoms with van der Waals surface area (Å²) in [5.74, 6) is -0.697. The first kappa shape index (κ1) is 39.7. The minimum atomic E-state index is -1.62. The first-order valence-electron chi connectivity index (χ1n) is 18.9. The molecule has 0 saturated carbocycles. The lowest BCUT2D eigenvalue weighted by Crippen LogP contribution is -2.45. The molecule has 0 spiro atoms. The highest BCUT2D eigenvalue weighted by Gasteiger charge is 2.33. The fourth-order valence-corrected chi connectivity index (χ4v) is 7.50. The summed E-state index contributed by atoms with van der Waals surface area (Å²) in [5, 5.41) is 44.6. The summed E-state index contributed by atoms with van der Waals surface area (Å²) in [6.45, 7) is 3.78. The van der Waals surface area contributed by atoms with Crippen molar-refractivity contribution in [2.45, 2.75) is 45.3 Å². The van der Waals surface area contributed by atoms with Gasteiger partial charge in [0.25, 0.3) is 11.8 Å². The summed E-state index contributed by atoms with van der Waals surface area (Å²) in [6, 6.07) is 31.7. The number of carbonyl (C=O) groups excluding carboxylic acids is 2. The fourth-order valence-electron chi connectivity index (χ4n) is 7.50. The Labute approximate surface area is 323 Å². The van der Waals surface area contributed by atoms with E-state index in [1.807, 2.05) is 43.4 Å². The molecule has 6 rings (SSSR count). The number of carbonyl (C=O) groups is 2. The third kappa shape index (κ3) is 9.63. The van der Waals surface area contributed by atoms with Crippen molar-refractivity contribution in [3.63, 3.8) is 0 Å². The zero-order valence-corrected chi connectivity index (χ0v) is 31.3. The van der Waals surface area contributed by atoms with Crippen LogP contribution in [0.15, 0.2) is 103 Å². The van der Waals surface area contributed by atoms with Crippen LogP contribution in [0.4, 0.5) is 11.4 Å². The predicted molar refractivity (Wildman–Crippen MR) is 220 cm³/mol. The van der Waals surface area contributed by atoms with Gasteiger partial charge in [0.1, 0.15) is 0 Å². The van der Waals surface area contributed by atoms with Crippen molar-refractivity contribution in [2.75, 3.05) is 44.3 Å². The average Bonchev–Trinajstić information content (AvgIpc) is 3.19. The van der Waals surface area contributed by atoms with Crippen LogP contribution in [0.25, 0.3) is 10.8 Å². The molecule has 5 aromatic rings. The Hall–Kier alpha value is -5.01. The summed E-state index contributed by atoms with van der Waals surface area (Å²) >= 11 is 0. The van der Waals surface area contributed by atoms with Gasteiger partial charge >= 0.3 is 14.2 Å². The molecule has 0 bridgehead atoms. The van der Waals surface area contributed by atoms with Crippen molar-refractivity contribution in [3.8, 4) is 0 Å². The SMILES string of the molecule is CNc1ccc(CN(CCCCCCN(CCN2C(=O)c3cccc4c(N)ccc(c34)C2=O)Cc2ccccc2B(O)O)Cc2ccccc2B(O)O)cc1. The van der Waals surface area contributed by atoms with E-state index in [1.54, 1.807) is 42.5 Å². The van der Waals surface area contributed by atoms with Crippen LogP contribution in [0, 0.1) is 0 Å². The van der Waals surface area contributed by atoms with Gasteiger partial charge in [-0.1, -0.05) is 85.6 Å². The van der Waals surface area contributed by atoms with Crippen molar-refractivity contribution in [1.82, 2.24) is 14.7 Å². The standard InChI is InChI=1S/C42H49B2N5O6/c1-46-33-19-17-30(18-20-33)27-48(29-32-12-5-7-16-38(32)44(54)55)24-9-3-2-8-23-47(28-31-11-4-6-15-37(31)43(52)53)25-26-49-41(50)35-14-10-13-34-39(45)22-21-36(40(34)35)42(49)51/h4-7,10-22,46,52-55H,2-3,8-9,23-29,45H2,1H3. The first-order chi connectivity index (χ1) is 26.6. The Morgan fingerprint density at radius 3 is 1.78 bits per heavy atom. The van der Waals surface area contributed by atoms with Gasteiger partial charge in [-0.3, -0.25) is 24.3 Å². The van der Waals surface area contributed by atoms with Gasteiger partial charge in [-0.25, -0.2) is 0 Å². The minimum absolute atomic E-state index is 0.177. The molecule has 1 aliphatic rings. The Balaban J connectivity index is 1.10. The maximum atomic E-state index is 13.7. The lowest BCUT2D eigenvalue weighted by Gasteiger charge is -2.30. The highest BCUT2D eigenvalue weighted by molar-refractivity contribution is 6.59. The predicted octanol–water partition coefficient (Wildman–Crippen LogP) is 3.18. The van der Waals surface area contributed by atoms with Crippen LogP contribution in [0.5, 0.6) is 0 Å². The number of anilines is 2. The number of hydrogen-bond acceptors (Lipinski definition) is 10. The largest absolute Gasteiger partial charge is 0.488 e. The molecule has 0 aromatic heterocycles. The van der Waals surface area contributed by atoms with Crippen molar-refractivity contribution in [2.24, 2.45) is 0 Å². The number of amides is 2. The monoisotopic (exact) mass is 741 g/mol. The molecule has 0 atom stereocenters. The number of rotatable bonds is 19. The van der Waals surface area contributed by atoms with Crippen molar-refractivity contribution < 1.29 is 29.7 Å². The van der Waals surface area contributed by atoms with Crippen LogP contribution in [0.1, 0.15) is 63.1 Å². The zero-order valence-electron chi connectivity index (χ0n) is 31.3. The number of nitrogen functional groups attached to an aromatic ring is 1. The van der Waals surface area contributed by atoms with Crippen LogP contribution >= 0.6 is 0 Å². The van der Waals surface area contributed by atoms with E-state index in [1.165, 1.54) is 10.5 Å². The van der Waals surface area contributed by atoms with E-state index in [9.17, 15) is 29.7 Å². The molecule has 7 N–H and O–H groups in total. The molecule has 0 unspecified atom stereocenters. The highest BCUT2D eigenvalue weighted by Crippen LogP contribution is 2.33. The van der Waals surface area contributed by atoms with Gasteiger partial charge in [-0.05, 0) is 83.9 Å². The van der Waals surface area contributed by atoms with E-state index in [2.05, 4.69) is 39.4 Å². The summed E-state index contributed by atoms with van der Waals surface area (Å²) in [7, 11) is -1.27. The lowest BCUT2D eigenvalue weighted by molar-refractivity contribution is 0.0590. The molecule has 13 heteroatoms. The highest BCUT2D eigenvalue weighted by atomic mass is 16.4. The van der Waals surface area contributed by atoms with Crippen molar-refractivity contribution >= 4 is 59.1 Å². The Bertz CT molecular complexity index is 2080. The molecule has 0 aliphatic carbocycles. The van der Waals surface area contributed by atoms with E-state index in [-0.39, 0.29) is 18.4 Å². The second-order valence-corrected chi connectivity index (χ2v) is 14.2. The average molecular weight is 742 g/mol. The Kier molecular flexibility index (Phi) is 13.4. The van der Waals surface area contributed by atoms with E-state index < -0.39 is 14.2 Å². The van der Waals surface area contributed by atoms with Gasteiger partial charge in [0.05, 0.1) is 0 Å². The molecule has 0 saturated heterocycles. The number of unbranched alkanes of at least 4 members (excludes halogenated alkanes) is 3. The van der Waals surface area contributed by atoms with Gasteiger partial charge in [-0.2, -0.15) is 0 Å². The van der Waals surface area contributed by atoms with E-state index in [0.29, 0.717) is 71.2 Å². The van der Waals surface area contributed by atoms with Gasteiger partial charge < -0.3 is 31.1 Å². The summed E-state index contributed by atoms with van der Waals surface area (Å²) in [4.78, 5) is 33.2. The summed E-state index contributed by atoms with van der Waals surface area (Å²) < 4.78 is 0. The van der Waals surface area contributed by atoms with Crippen LogP contribution in [-0.2, 0) is 19.6 Å². The molecular weight excluding hydrogens is 692 g/mol. The maximum absolute atomic E-state index is 13.7. The van der Waals surface area contributed by atoms with Crippen molar-refractivity contribution in [3.05, 3.63) is 131 Å². The van der Waals surface area contributed by atoms with Gasteiger partial charge in [0, 0.05) is 73.0 Å². The third-order valence-electron chi connectivity index (χ3n) is 10.5. The van der Waals surface area contributed by atoms with Gasteiger partial charge in [0.15, 0.2) is 0 Å². The number of benzene rings is 5. The van der Waals surface area contributed by atoms with Gasteiger partial charge in [0.2, 0.25) is 0 Å². The van der Waals surface area contributed by atoms with Crippen LogP contribution < -0.4 is 22.0 Å². The molecule has 1 heterocycles. The van der Waals surface area contributed by atoms with E-state index >= 15 is 0 Å². The molecule has 1 aliphatic heterocycles. The molecule has 0 fully saturated rings. The quantitative estimate of drug-likeness (QED) is 0.0321. The van der Waals surface area contributed by atoms with Gasteiger partial charge in [-0.15, -0.1) is 0 Å². The summed E-state index contributed by atoms with van der Waals surface area (Å²) in [5.41, 5.74) is 12.4. The third-order valence-corrected chi connectivity index (χ3v) is 10.5. The smallest absolute Gasteiger partial charge is 0.423 e. The number of hydrogen-bond donors (Lipinski definition) is 6. The zero-order chi connectivity index (χ0) is 38.9. The van der Waals surface area contributed by atoms with Crippen LogP contribution in [0.2, 0.25) is 0 Å². The number of nitrogens with zero attached hydrogens (tertiary/aromatic N) is 3. The molecule has 2 amide bonds. The number of nitrogens with two attached hydrogens (primary N) is 1. The second kappa shape index (κ2) is 18.5. The van der Waals surface area contributed by atoms with Crippen LogP contribution in [0.3, 0.4) is 0 Å². The molecular formula is C42H49B2N5O6. The normalized spacial score (nSPS) is 12.6. The topological polar surface area (TPSA) is 163 Å². The number of imide groups is 1. The molecule has 5 aromatic carbocycles. The Morgan fingerprint density at radius 2 is 1.18 bits per heavy atom. The van der Waals surface area contributed by atoms with E-state index in [4.69, 9.17) is 5.73 Å². The molecule has 284 valence electrons. The molecule has 55 heavy (non-hydrogen) atoms. The lowest BCUT2D eigenvalue weighted by atomic mass is 9.77. The van der Waals surface area contributed by atoms with Crippen LogP contribution in [-0.4, -0.2) is 94.1 Å². The minimum Gasteiger partial charge on any atom is -0.423 e. The Morgan fingerprint density at radius 1 is 0.618 bits per heavy atom. The fraction of sp³-hybridized carbons (Fsp3) is 0.286. The first-order valence-corrected chi connectivity index (χ1v) is 18.9. The number of nitrogens with one attached hydrogen (secondary N) is 1. The maximum Gasteiger partial charge on any atom is 0.488 e. The van der Waals surface area contributed by atoms with E-state index in [0.717, 1.165) is 49.0 Å². The van der Waals surface area contributed by atoms with Crippen molar-refractivity contribution in [1.29, 1.82) is 0 Å². The summed E-state index contributed by atoms with van der Waals surface area (Å²) in [6.07, 6.45) is 3.70. The second-order valence-electron chi connectivity index (χ2n) is 14.2. The molecule has 0 radical (unpaired) electrons.